The van der Waals surface area contributed by atoms with E-state index in [1.165, 1.54) is 6.07 Å². The second-order valence-electron chi connectivity index (χ2n) is 4.85. The summed E-state index contributed by atoms with van der Waals surface area (Å²) in [5.41, 5.74) is 6.39. The molecule has 5 heteroatoms. The maximum Gasteiger partial charge on any atom is 0.220 e. The molecule has 0 aliphatic heterocycles. The smallest absolute Gasteiger partial charge is 0.220 e. The number of hydrogen-bond acceptors (Lipinski definition) is 3. The first-order valence-electron chi connectivity index (χ1n) is 6.79. The minimum atomic E-state index is -0.362. The van der Waals surface area contributed by atoms with E-state index >= 15 is 0 Å². The maximum atomic E-state index is 13.7. The number of ether oxygens (including phenoxy) is 1. The third-order valence-corrected chi connectivity index (χ3v) is 2.84. The van der Waals surface area contributed by atoms with Crippen molar-refractivity contribution < 1.29 is 13.9 Å². The molecule has 21 heavy (non-hydrogen) atoms. The van der Waals surface area contributed by atoms with Crippen molar-refractivity contribution in [3.05, 3.63) is 35.1 Å². The molecule has 4 nitrogen and oxygen atoms in total. The van der Waals surface area contributed by atoms with Gasteiger partial charge >= 0.3 is 0 Å². The Labute approximate surface area is 124 Å². The van der Waals surface area contributed by atoms with Gasteiger partial charge in [-0.3, -0.25) is 4.79 Å². The molecular weight excluding hydrogens is 271 g/mol. The lowest BCUT2D eigenvalue weighted by Gasteiger charge is -2.11. The van der Waals surface area contributed by atoms with Crippen LogP contribution in [0.3, 0.4) is 0 Å². The van der Waals surface area contributed by atoms with Crippen LogP contribution in [0, 0.1) is 23.6 Å². The lowest BCUT2D eigenvalue weighted by atomic mass is 10.1. The quantitative estimate of drug-likeness (QED) is 0.780. The molecule has 1 aromatic carbocycles. The van der Waals surface area contributed by atoms with Crippen LogP contribution in [-0.2, 0) is 16.1 Å². The number of benzene rings is 1. The third-order valence-electron chi connectivity index (χ3n) is 2.84. The van der Waals surface area contributed by atoms with Gasteiger partial charge in [-0.2, -0.15) is 0 Å². The van der Waals surface area contributed by atoms with E-state index in [-0.39, 0.29) is 30.7 Å². The topological polar surface area (TPSA) is 64.3 Å². The Kier molecular flexibility index (Phi) is 7.44. The van der Waals surface area contributed by atoms with Crippen LogP contribution in [-0.4, -0.2) is 26.2 Å². The lowest BCUT2D eigenvalue weighted by Crippen LogP contribution is -2.26. The minimum Gasteiger partial charge on any atom is -0.384 e. The van der Waals surface area contributed by atoms with E-state index in [0.717, 1.165) is 0 Å². The lowest BCUT2D eigenvalue weighted by molar-refractivity contribution is -0.122. The SMILES string of the molecule is COCC(C)CC(=O)NCc1cc(C#CCN)ccc1F. The van der Waals surface area contributed by atoms with Crippen LogP contribution in [0.15, 0.2) is 18.2 Å². The van der Waals surface area contributed by atoms with Gasteiger partial charge in [0, 0.05) is 37.8 Å². The molecule has 0 spiro atoms. The Bertz CT molecular complexity index is 535. The second kappa shape index (κ2) is 9.11. The zero-order valence-corrected chi connectivity index (χ0v) is 12.4. The fourth-order valence-corrected chi connectivity index (χ4v) is 1.87. The third kappa shape index (κ3) is 6.39. The number of rotatable bonds is 6. The first-order chi connectivity index (χ1) is 10.1. The Balaban J connectivity index is 2.60. The van der Waals surface area contributed by atoms with Gasteiger partial charge in [0.15, 0.2) is 0 Å². The van der Waals surface area contributed by atoms with Crippen molar-refractivity contribution in [2.24, 2.45) is 11.7 Å². The van der Waals surface area contributed by atoms with Gasteiger partial charge in [-0.05, 0) is 24.1 Å². The van der Waals surface area contributed by atoms with E-state index in [1.54, 1.807) is 19.2 Å². The number of carbonyl (C=O) groups excluding carboxylic acids is 1. The molecule has 0 heterocycles. The second-order valence-corrected chi connectivity index (χ2v) is 4.85. The van der Waals surface area contributed by atoms with E-state index in [4.69, 9.17) is 10.5 Å². The molecule has 0 radical (unpaired) electrons. The number of carbonyl (C=O) groups is 1. The normalized spacial score (nSPS) is 11.4. The molecule has 1 unspecified atom stereocenters. The van der Waals surface area contributed by atoms with Crippen molar-refractivity contribution in [1.29, 1.82) is 0 Å². The summed E-state index contributed by atoms with van der Waals surface area (Å²) < 4.78 is 18.7. The molecule has 1 atom stereocenters. The zero-order valence-electron chi connectivity index (χ0n) is 12.4. The van der Waals surface area contributed by atoms with Crippen LogP contribution in [0.2, 0.25) is 0 Å². The molecule has 114 valence electrons. The van der Waals surface area contributed by atoms with Crippen molar-refractivity contribution in [3.8, 4) is 11.8 Å². The summed E-state index contributed by atoms with van der Waals surface area (Å²) in [6, 6.07) is 4.55. The Morgan fingerprint density at radius 2 is 2.29 bits per heavy atom. The van der Waals surface area contributed by atoms with Gasteiger partial charge in [0.2, 0.25) is 5.91 Å². The summed E-state index contributed by atoms with van der Waals surface area (Å²) >= 11 is 0. The fraction of sp³-hybridized carbons (Fsp3) is 0.438. The zero-order chi connectivity index (χ0) is 15.7. The summed E-state index contributed by atoms with van der Waals surface area (Å²) in [7, 11) is 1.59. The predicted octanol–water partition coefficient (Wildman–Crippen LogP) is 1.42. The van der Waals surface area contributed by atoms with E-state index < -0.39 is 0 Å². The van der Waals surface area contributed by atoms with Crippen LogP contribution >= 0.6 is 0 Å². The van der Waals surface area contributed by atoms with E-state index in [9.17, 15) is 9.18 Å². The molecule has 0 saturated carbocycles. The van der Waals surface area contributed by atoms with E-state index in [0.29, 0.717) is 24.2 Å². The molecule has 1 amide bonds. The number of halogens is 1. The number of nitrogens with one attached hydrogen (secondary N) is 1. The van der Waals surface area contributed by atoms with Crippen molar-refractivity contribution in [3.63, 3.8) is 0 Å². The van der Waals surface area contributed by atoms with Crippen molar-refractivity contribution >= 4 is 5.91 Å². The maximum absolute atomic E-state index is 13.7. The molecule has 0 aliphatic rings. The standard InChI is InChI=1S/C16H21FN2O2/c1-12(11-21-2)8-16(20)19-10-14-9-13(4-3-7-18)5-6-15(14)17/h5-6,9,12H,7-8,10-11,18H2,1-2H3,(H,19,20). The molecule has 1 aromatic rings. The molecule has 3 N–H and O–H groups in total. The summed E-state index contributed by atoms with van der Waals surface area (Å²) in [5.74, 6) is 5.18. The van der Waals surface area contributed by atoms with Crippen molar-refractivity contribution in [2.75, 3.05) is 20.3 Å². The predicted molar refractivity (Wildman–Crippen MR) is 79.8 cm³/mol. The highest BCUT2D eigenvalue weighted by molar-refractivity contribution is 5.76. The molecule has 0 fully saturated rings. The summed E-state index contributed by atoms with van der Waals surface area (Å²) in [6.45, 7) is 2.84. The van der Waals surface area contributed by atoms with Gasteiger partial charge in [0.25, 0.3) is 0 Å². The first kappa shape index (κ1) is 17.2. The summed E-state index contributed by atoms with van der Waals surface area (Å²) in [4.78, 5) is 11.7. The minimum absolute atomic E-state index is 0.126. The van der Waals surface area contributed by atoms with Gasteiger partial charge in [-0.15, -0.1) is 0 Å². The van der Waals surface area contributed by atoms with Crippen LogP contribution in [0.4, 0.5) is 4.39 Å². The summed E-state index contributed by atoms with van der Waals surface area (Å²) in [5, 5.41) is 2.71. The van der Waals surface area contributed by atoms with Gasteiger partial charge < -0.3 is 15.8 Å². The molecule has 0 aromatic heterocycles. The Morgan fingerprint density at radius 3 is 2.95 bits per heavy atom. The monoisotopic (exact) mass is 292 g/mol. The number of hydrogen-bond donors (Lipinski definition) is 2. The Morgan fingerprint density at radius 1 is 1.52 bits per heavy atom. The highest BCUT2D eigenvalue weighted by atomic mass is 19.1. The van der Waals surface area contributed by atoms with Gasteiger partial charge in [0.05, 0.1) is 6.54 Å². The van der Waals surface area contributed by atoms with E-state index in [2.05, 4.69) is 17.2 Å². The van der Waals surface area contributed by atoms with Crippen LogP contribution in [0.5, 0.6) is 0 Å². The highest BCUT2D eigenvalue weighted by Crippen LogP contribution is 2.10. The summed E-state index contributed by atoms with van der Waals surface area (Å²) in [6.07, 6.45) is 0.349. The van der Waals surface area contributed by atoms with Gasteiger partial charge in [-0.1, -0.05) is 18.8 Å². The number of nitrogens with two attached hydrogens (primary N) is 1. The Hall–Kier alpha value is -1.90. The molecule has 1 rings (SSSR count). The molecule has 0 saturated heterocycles. The molecule has 0 aliphatic carbocycles. The highest BCUT2D eigenvalue weighted by Gasteiger charge is 2.10. The molecule has 0 bridgehead atoms. The van der Waals surface area contributed by atoms with Crippen molar-refractivity contribution in [1.82, 2.24) is 5.32 Å². The largest absolute Gasteiger partial charge is 0.384 e. The van der Waals surface area contributed by atoms with Gasteiger partial charge in [0.1, 0.15) is 5.82 Å². The first-order valence-corrected chi connectivity index (χ1v) is 6.79. The number of amides is 1. The van der Waals surface area contributed by atoms with Crippen LogP contribution in [0.25, 0.3) is 0 Å². The van der Waals surface area contributed by atoms with Crippen LogP contribution < -0.4 is 11.1 Å². The number of methoxy groups -OCH3 is 1. The van der Waals surface area contributed by atoms with E-state index in [1.807, 2.05) is 6.92 Å². The average molecular weight is 292 g/mol. The fourth-order valence-electron chi connectivity index (χ4n) is 1.87. The van der Waals surface area contributed by atoms with Gasteiger partial charge in [-0.25, -0.2) is 4.39 Å². The van der Waals surface area contributed by atoms with Crippen molar-refractivity contribution in [2.45, 2.75) is 19.9 Å². The average Bonchev–Trinajstić information content (AvgIpc) is 2.45. The molecular formula is C16H21FN2O2. The van der Waals surface area contributed by atoms with Crippen LogP contribution in [0.1, 0.15) is 24.5 Å².